The lowest BCUT2D eigenvalue weighted by molar-refractivity contribution is -0.167. The van der Waals surface area contributed by atoms with E-state index in [-0.39, 0.29) is 29.6 Å². The van der Waals surface area contributed by atoms with Gasteiger partial charge in [0.2, 0.25) is 0 Å². The van der Waals surface area contributed by atoms with Gasteiger partial charge in [0.05, 0.1) is 28.4 Å². The number of esters is 4. The first-order chi connectivity index (χ1) is 40.9. The van der Waals surface area contributed by atoms with Crippen molar-refractivity contribution >= 4 is 84.1 Å². The number of ether oxygens (including phenoxy) is 4. The van der Waals surface area contributed by atoms with Crippen molar-refractivity contribution in [2.75, 3.05) is 33.8 Å². The van der Waals surface area contributed by atoms with E-state index in [0.717, 1.165) is 5.92 Å². The van der Waals surface area contributed by atoms with Crippen LogP contribution in [0.2, 0.25) is 0 Å². The molecule has 1 saturated carbocycles. The van der Waals surface area contributed by atoms with Crippen molar-refractivity contribution in [3.63, 3.8) is 0 Å². The predicted molar refractivity (Wildman–Crippen MR) is 348 cm³/mol. The van der Waals surface area contributed by atoms with Crippen molar-refractivity contribution in [3.8, 4) is 12.3 Å². The van der Waals surface area contributed by atoms with Crippen molar-refractivity contribution in [2.24, 2.45) is 0 Å². The summed E-state index contributed by atoms with van der Waals surface area (Å²) in [5.74, 6) is 0.728. The molecule has 0 aliphatic heterocycles. The number of alkyl halides is 4. The van der Waals surface area contributed by atoms with Crippen molar-refractivity contribution in [1.29, 1.82) is 0 Å². The van der Waals surface area contributed by atoms with E-state index in [1.54, 1.807) is 42.9 Å². The molecule has 2 unspecified atom stereocenters. The maximum atomic E-state index is 11.9. The number of H-pyrrole nitrogens is 3. The number of fused-ring (bicyclic) bond motifs is 3. The van der Waals surface area contributed by atoms with Crippen molar-refractivity contribution < 1.29 is 56.1 Å². The van der Waals surface area contributed by atoms with Crippen LogP contribution in [0.5, 0.6) is 0 Å². The van der Waals surface area contributed by atoms with Gasteiger partial charge in [-0.3, -0.25) is 24.0 Å². The van der Waals surface area contributed by atoms with Crippen LogP contribution in [0.4, 0.5) is 18.9 Å². The van der Waals surface area contributed by atoms with Gasteiger partial charge in [0, 0.05) is 88.5 Å². The molecule has 0 radical (unpaired) electrons. The summed E-state index contributed by atoms with van der Waals surface area (Å²) in [6.45, 7) is 15.2. The van der Waals surface area contributed by atoms with E-state index in [0.29, 0.717) is 16.3 Å². The van der Waals surface area contributed by atoms with Gasteiger partial charge in [0.1, 0.15) is 0 Å². The third kappa shape index (κ3) is 30.8. The highest BCUT2D eigenvalue weighted by atomic mass is 79.9. The third-order valence-electron chi connectivity index (χ3n) is 13.2. The number of hydrogen-bond donors (Lipinski definition) is 4. The topological polar surface area (TPSA) is 182 Å². The van der Waals surface area contributed by atoms with E-state index in [1.165, 1.54) is 188 Å². The molecule has 4 N–H and O–H groups in total. The fourth-order valence-corrected chi connectivity index (χ4v) is 9.48. The molecule has 4 aromatic carbocycles. The van der Waals surface area contributed by atoms with Crippen molar-refractivity contribution in [3.05, 3.63) is 161 Å². The SMILES string of the molecule is BrC1C=CCCC1.C#CC.COC(C)=O.COC(C)=O.COC(C)=O.COC(C)=O.Cc1[nH]c2ccccc2c1C1C=CCCC1.Cc1[nH]c2ccccc2c1C1CCCCC1.Cc1cc2ccccc2[nH]1.Cc1ccccc1NC(=O)C(F)(F)F. The number of terminal acetylenes is 1. The summed E-state index contributed by atoms with van der Waals surface area (Å²) in [6.07, 6.45) is 23.7. The minimum atomic E-state index is -4.84. The Morgan fingerprint density at radius 1 is 0.570 bits per heavy atom. The molecule has 468 valence electrons. The van der Waals surface area contributed by atoms with Crippen LogP contribution in [-0.2, 0) is 42.9 Å². The Hall–Kier alpha value is -7.84. The molecule has 0 bridgehead atoms. The Bertz CT molecular complexity index is 3130. The largest absolute Gasteiger partial charge is 0.471 e. The smallest absolute Gasteiger partial charge is 0.469 e. The normalized spacial score (nSPS) is 14.4. The highest BCUT2D eigenvalue weighted by molar-refractivity contribution is 9.09. The third-order valence-corrected chi connectivity index (χ3v) is 13.9. The van der Waals surface area contributed by atoms with Gasteiger partial charge in [-0.25, -0.2) is 0 Å². The second kappa shape index (κ2) is 42.9. The number of aryl methyl sites for hydroxylation is 4. The molecule has 86 heavy (non-hydrogen) atoms. The zero-order valence-corrected chi connectivity index (χ0v) is 54.0. The lowest BCUT2D eigenvalue weighted by Crippen LogP contribution is -2.30. The summed E-state index contributed by atoms with van der Waals surface area (Å²) in [5.41, 5.74) is 11.6. The zero-order chi connectivity index (χ0) is 64.6. The van der Waals surface area contributed by atoms with Gasteiger partial charge in [-0.2, -0.15) is 13.2 Å². The number of hydrogen-bond acceptors (Lipinski definition) is 9. The lowest BCUT2D eigenvalue weighted by atomic mass is 9.83. The second-order valence-electron chi connectivity index (χ2n) is 20.0. The molecular formula is C69H90BrF3N4O9. The number of para-hydroxylation sites is 4. The lowest BCUT2D eigenvalue weighted by Gasteiger charge is -2.22. The number of aromatic nitrogens is 3. The average Bonchev–Trinajstić information content (AvgIpc) is 2.16. The Kier molecular flexibility index (Phi) is 38.0. The van der Waals surface area contributed by atoms with Gasteiger partial charge >= 0.3 is 36.0 Å². The van der Waals surface area contributed by atoms with Gasteiger partial charge in [-0.15, -0.1) is 12.3 Å². The number of benzene rings is 4. The van der Waals surface area contributed by atoms with Crippen LogP contribution >= 0.6 is 15.9 Å². The van der Waals surface area contributed by atoms with Crippen LogP contribution in [0.1, 0.15) is 151 Å². The molecule has 0 saturated heterocycles. The molecule has 3 aromatic heterocycles. The quantitative estimate of drug-likeness (QED) is 0.0440. The van der Waals surface area contributed by atoms with E-state index in [9.17, 15) is 37.1 Å². The van der Waals surface area contributed by atoms with E-state index in [1.807, 2.05) is 6.07 Å². The fourth-order valence-electron chi connectivity index (χ4n) is 8.94. The molecular weight excluding hydrogens is 1170 g/mol. The maximum Gasteiger partial charge on any atom is 0.471 e. The number of halogens is 4. The number of allylic oxidation sites excluding steroid dienone is 4. The first kappa shape index (κ1) is 76.2. The molecule has 17 heteroatoms. The fraction of sp³-hybridized carbons (Fsp3) is 0.406. The van der Waals surface area contributed by atoms with Crippen LogP contribution in [-0.4, -0.2) is 84.2 Å². The summed E-state index contributed by atoms with van der Waals surface area (Å²) < 4.78 is 52.0. The number of methoxy groups -OCH3 is 4. The monoisotopic (exact) mass is 1250 g/mol. The van der Waals surface area contributed by atoms with Gasteiger partial charge in [-0.05, 0) is 144 Å². The first-order valence-electron chi connectivity index (χ1n) is 28.5. The molecule has 1 amide bonds. The Morgan fingerprint density at radius 2 is 0.988 bits per heavy atom. The van der Waals surface area contributed by atoms with Crippen molar-refractivity contribution in [2.45, 2.75) is 156 Å². The Balaban J connectivity index is 0.000000500. The second-order valence-corrected chi connectivity index (χ2v) is 21.1. The molecule has 10 rings (SSSR count). The molecule has 1 fully saturated rings. The molecule has 3 aliphatic carbocycles. The molecule has 3 aliphatic rings. The number of nitrogens with one attached hydrogen (secondary N) is 4. The average molecular weight is 1260 g/mol. The number of aromatic amines is 3. The summed E-state index contributed by atoms with van der Waals surface area (Å²) >= 11 is 3.50. The number of anilines is 1. The Labute approximate surface area is 515 Å². The van der Waals surface area contributed by atoms with Gasteiger partial charge in [0.25, 0.3) is 0 Å². The Morgan fingerprint density at radius 3 is 1.40 bits per heavy atom. The van der Waals surface area contributed by atoms with Crippen LogP contribution < -0.4 is 5.32 Å². The standard InChI is InChI=1S/C15H19N.C15H17N.C9H8F3NO.C9H9N.C6H9Br.4C3H6O2.C3H4/c2*1-11-15(12-7-3-2-4-8-12)13-9-5-6-10-14(13)16-11;1-6-4-2-3-5-7(6)13-8(14)9(10,11)12;1-7-6-8-4-2-3-5-9(8)10-7;7-6-4-2-1-3-5-6;4*1-3(4)5-2;1-3-2/h5-6,9-10,12,16H,2-4,7-8H2,1H3;3,5-7,9-10,12,16H,2,4,8H2,1H3;2-5H,1H3,(H,13,14);2-6,10H,1H3;2,4,6H,1,3,5H2;4*1-2H3;1H,2H3. The summed E-state index contributed by atoms with van der Waals surface area (Å²) in [4.78, 5) is 59.9. The van der Waals surface area contributed by atoms with Gasteiger partial charge in [0.15, 0.2) is 0 Å². The molecule has 2 atom stereocenters. The molecule has 7 aromatic rings. The van der Waals surface area contributed by atoms with Crippen LogP contribution in [0.25, 0.3) is 32.7 Å². The maximum absolute atomic E-state index is 11.9. The molecule has 0 spiro atoms. The number of rotatable bonds is 3. The van der Waals surface area contributed by atoms with E-state index in [4.69, 9.17) is 0 Å². The van der Waals surface area contributed by atoms with E-state index >= 15 is 0 Å². The summed E-state index contributed by atoms with van der Waals surface area (Å²) in [5, 5.41) is 5.93. The summed E-state index contributed by atoms with van der Waals surface area (Å²) in [6, 6.07) is 34.1. The van der Waals surface area contributed by atoms with Gasteiger partial charge in [-0.1, -0.05) is 132 Å². The van der Waals surface area contributed by atoms with Crippen molar-refractivity contribution in [1.82, 2.24) is 15.0 Å². The van der Waals surface area contributed by atoms with Gasteiger partial charge < -0.3 is 39.2 Å². The van der Waals surface area contributed by atoms with E-state index in [2.05, 4.69) is 180 Å². The zero-order valence-electron chi connectivity index (χ0n) is 52.4. The minimum absolute atomic E-state index is 0.176. The summed E-state index contributed by atoms with van der Waals surface area (Å²) in [7, 11) is 5.40. The number of amides is 1. The minimum Gasteiger partial charge on any atom is -0.469 e. The highest BCUT2D eigenvalue weighted by Gasteiger charge is 2.38. The first-order valence-corrected chi connectivity index (χ1v) is 29.5. The van der Waals surface area contributed by atoms with Crippen LogP contribution in [0.15, 0.2) is 127 Å². The van der Waals surface area contributed by atoms with Crippen LogP contribution in [0, 0.1) is 40.0 Å². The molecule has 13 nitrogen and oxygen atoms in total. The highest BCUT2D eigenvalue weighted by Crippen LogP contribution is 2.39. The van der Waals surface area contributed by atoms with Crippen LogP contribution in [0.3, 0.4) is 0 Å². The predicted octanol–water partition coefficient (Wildman–Crippen LogP) is 17.6. The number of carbonyl (C=O) groups is 5. The molecule has 3 heterocycles. The number of carbonyl (C=O) groups excluding carboxylic acids is 5. The van der Waals surface area contributed by atoms with E-state index < -0.39 is 12.1 Å².